The predicted octanol–water partition coefficient (Wildman–Crippen LogP) is 25.0. The lowest BCUT2D eigenvalue weighted by atomic mass is 10.0. The van der Waals surface area contributed by atoms with Gasteiger partial charge in [0.15, 0.2) is 23.1 Å². The predicted molar refractivity (Wildman–Crippen MR) is 514 cm³/mol. The summed E-state index contributed by atoms with van der Waals surface area (Å²) in [6, 6.07) is 38.6. The first-order valence-corrected chi connectivity index (χ1v) is 47.1. The summed E-state index contributed by atoms with van der Waals surface area (Å²) in [5, 5.41) is 21.4. The van der Waals surface area contributed by atoms with Crippen molar-refractivity contribution in [3.8, 4) is 59.0 Å². The molecule has 21 rings (SSSR count). The lowest BCUT2D eigenvalue weighted by Crippen LogP contribution is -2.29. The molecular weight excluding hydrogens is 1950 g/mol. The van der Waals surface area contributed by atoms with E-state index in [1.54, 1.807) is 149 Å². The second-order valence-corrected chi connectivity index (χ2v) is 38.4. The van der Waals surface area contributed by atoms with Gasteiger partial charge >= 0.3 is 18.5 Å². The smallest absolute Gasteiger partial charge is 0.416 e. The number of alkyl halides is 9. The van der Waals surface area contributed by atoms with Crippen LogP contribution in [0, 0.1) is 42.7 Å². The zero-order chi connectivity index (χ0) is 102. The van der Waals surface area contributed by atoms with Gasteiger partial charge in [0.05, 0.1) is 56.6 Å². The fourth-order valence-electron chi connectivity index (χ4n) is 15.7. The van der Waals surface area contributed by atoms with Gasteiger partial charge in [0.2, 0.25) is 62.6 Å². The van der Waals surface area contributed by atoms with E-state index in [1.165, 1.54) is 68.8 Å². The largest absolute Gasteiger partial charge is 0.464 e. The average molecular weight is 2020 g/mol. The van der Waals surface area contributed by atoms with E-state index in [9.17, 15) is 98.0 Å². The van der Waals surface area contributed by atoms with Gasteiger partial charge in [-0.15, -0.1) is 45.3 Å². The standard InChI is InChI=1S/C33H14N8O3S2.C31H17F3N2O5S2.C29H16N2O5S2.2C2H3F3.2C2H6/c1-33(2)29-27(45-31(40-29)38-23-21(19(13-34)36-3)15-9-5-7-11-17(15)25(23)42)28-30(44-33)41-32(46-28)39-24-22(20(14-35)37-4)16-10-6-8-12-18(16)26(24)43;1-12-4-6-14-16(8-12)22(37)24(39)18(14)10-20-35-28-26(42-20)27-29(41-30(28,2)3)36-21(43-27)11-19-15-7-5-13(31(32,33)34)9-17(15)23(38)25(19)40;1-29(2)27-25(37-19(30-27)11-17-21(32)13-7-3-4-8-14(13)22(17)33)26-28(36-29)31-20(38-26)12-18-23(34)15-9-5-6-10-16(15)24(18)35;2*1-2(3,4)5;2*1-2/h5-12H,1-2H3;4-11H,1-3H3;3-12H,1-2H3;2*1H3;2*1-2H3/b21-19+,22-20?,38-23?,39-24?;18-10-,19-11-;;;;;. The lowest BCUT2D eigenvalue weighted by molar-refractivity contribution is -0.137. The minimum atomic E-state index is -4.66. The van der Waals surface area contributed by atoms with Crippen LogP contribution in [-0.4, -0.2) is 112 Å². The molecule has 0 saturated heterocycles. The molecule has 9 aliphatic rings. The molecule has 0 radical (unpaired) electrons. The van der Waals surface area contributed by atoms with E-state index in [0.29, 0.717) is 119 Å². The third-order valence-electron chi connectivity index (χ3n) is 21.6. The Labute approximate surface area is 818 Å². The zero-order valence-electron chi connectivity index (χ0n) is 75.5. The summed E-state index contributed by atoms with van der Waals surface area (Å²) < 4.78 is 120. The summed E-state index contributed by atoms with van der Waals surface area (Å²) >= 11 is 7.42. The monoisotopic (exact) mass is 2020 g/mol. The van der Waals surface area contributed by atoms with Crippen LogP contribution in [0.5, 0.6) is 17.6 Å². The maximum Gasteiger partial charge on any atom is 0.416 e. The van der Waals surface area contributed by atoms with E-state index in [2.05, 4.69) is 34.6 Å². The molecule has 6 aliphatic carbocycles. The number of Topliss-reactive ketones (excluding diaryl/α,β-unsaturated/α-hetero) is 10. The van der Waals surface area contributed by atoms with E-state index >= 15 is 0 Å². The summed E-state index contributed by atoms with van der Waals surface area (Å²) in [4.78, 5) is 177. The number of fused-ring (bicyclic) bond motifs is 15. The fourth-order valence-corrected chi connectivity index (χ4v) is 22.2. The van der Waals surface area contributed by atoms with Crippen LogP contribution in [0.25, 0.3) is 85.5 Å². The number of aliphatic imine (C=N–C) groups is 2. The molecule has 12 aromatic rings. The molecule has 0 unspecified atom stereocenters. The number of aryl methyl sites for hydroxylation is 1. The molecule has 3 aliphatic heterocycles. The third-order valence-corrected chi connectivity index (χ3v) is 27.9. The van der Waals surface area contributed by atoms with Gasteiger partial charge in [0, 0.05) is 80.6 Å². The van der Waals surface area contributed by atoms with Crippen molar-refractivity contribution in [3.63, 3.8) is 0 Å². The molecule has 0 atom stereocenters. The highest BCUT2D eigenvalue weighted by atomic mass is 32.1. The highest BCUT2D eigenvalue weighted by Gasteiger charge is 2.47. The average Bonchev–Trinajstić information content (AvgIpc) is 1.58. The Morgan fingerprint density at radius 3 is 1.01 bits per heavy atom. The van der Waals surface area contributed by atoms with Crippen molar-refractivity contribution < 1.29 is 102 Å². The number of allylic oxidation sites excluding steroid dienone is 8. The summed E-state index contributed by atoms with van der Waals surface area (Å²) in [7, 11) is 0. The number of carbonyl (C=O) groups excluding carboxylic acids is 10. The van der Waals surface area contributed by atoms with Gasteiger partial charge < -0.3 is 14.2 Å². The van der Waals surface area contributed by atoms with Crippen molar-refractivity contribution in [3.05, 3.63) is 294 Å². The van der Waals surface area contributed by atoms with Crippen LogP contribution >= 0.6 is 68.0 Å². The molecule has 706 valence electrons. The molecule has 0 fully saturated rings. The first-order valence-electron chi connectivity index (χ1n) is 42.2. The lowest BCUT2D eigenvalue weighted by Gasteiger charge is -2.28. The molecule has 6 aromatic heterocycles. The normalized spacial score (nSPS) is 17.4. The molecule has 40 heteroatoms. The van der Waals surface area contributed by atoms with Gasteiger partial charge in [-0.25, -0.2) is 55.1 Å². The highest BCUT2D eigenvalue weighted by molar-refractivity contribution is 7.26. The van der Waals surface area contributed by atoms with Crippen LogP contribution < -0.4 is 14.2 Å². The van der Waals surface area contributed by atoms with Gasteiger partial charge in [-0.3, -0.25) is 47.9 Å². The molecule has 25 nitrogen and oxygen atoms in total. The Hall–Kier alpha value is -15.7. The van der Waals surface area contributed by atoms with Crippen LogP contribution in [0.2, 0.25) is 0 Å². The number of halogens is 9. The maximum atomic E-state index is 13.4. The summed E-state index contributed by atoms with van der Waals surface area (Å²) in [5.41, 5.74) is 2.97. The van der Waals surface area contributed by atoms with E-state index in [4.69, 9.17) is 42.3 Å². The highest BCUT2D eigenvalue weighted by Crippen LogP contribution is 2.57. The SMILES string of the molecule is CC.CC.CC(F)(F)F.CC(F)(F)F.CC1(C)Oc2nc(C=C3C(=O)c4ccccc4C3=O)sc2-c2sc(C=C3C(=O)c4ccccc4C3=O)nc21.Cc1ccc2c(c1)C(=O)C(=O)/C2=C\c1nc2c(s1)-c1sc(/C=C3\C(=O)C(=O)c4cc(C(F)(F)F)ccc43)nc1OC2(C)C.[C-]#[N+]C(C#N)=C1C(=Nc2nc3c(s2)-c2sc(N=C4C(=O)c5ccccc5/C4=C(/C#N)[N+]#[C-])nc2C(C)(C)O3)C(=O)c2ccccc21. The minimum absolute atomic E-state index is 0.0399. The molecule has 0 bridgehead atoms. The number of rotatable bonds is 6. The van der Waals surface area contributed by atoms with Crippen molar-refractivity contribution in [2.75, 3.05) is 0 Å². The van der Waals surface area contributed by atoms with Crippen LogP contribution in [-0.2, 0) is 32.6 Å². The van der Waals surface area contributed by atoms with Crippen molar-refractivity contribution >= 4 is 194 Å². The van der Waals surface area contributed by atoms with E-state index in [1.807, 2.05) is 66.7 Å². The molecule has 0 amide bonds. The van der Waals surface area contributed by atoms with Gasteiger partial charge in [-0.05, 0) is 113 Å². The number of aromatic nitrogens is 6. The minimum Gasteiger partial charge on any atom is -0.464 e. The van der Waals surface area contributed by atoms with Crippen LogP contribution in [0.4, 0.5) is 49.8 Å². The number of thiazole rings is 6. The second kappa shape index (κ2) is 37.9. The Bertz CT molecular complexity index is 7890. The van der Waals surface area contributed by atoms with Gasteiger partial charge in [-0.2, -0.15) is 44.5 Å². The Morgan fingerprint density at radius 2 is 0.652 bits per heavy atom. The third kappa shape index (κ3) is 18.9. The first kappa shape index (κ1) is 99.8. The Kier molecular flexibility index (Phi) is 26.8. The molecule has 9 heterocycles. The second-order valence-electron chi connectivity index (χ2n) is 32.4. The van der Waals surface area contributed by atoms with E-state index < -0.39 is 75.6 Å². The number of hydrogen-bond acceptors (Lipinski definition) is 29. The van der Waals surface area contributed by atoms with Crippen molar-refractivity contribution in [2.45, 2.75) is 125 Å². The van der Waals surface area contributed by atoms with Crippen molar-refractivity contribution in [1.82, 2.24) is 29.9 Å². The molecule has 141 heavy (non-hydrogen) atoms. The number of ketones is 10. The fraction of sp³-hybridized carbons (Fsp3) is 0.188. The number of carbonyl (C=O) groups is 10. The summed E-state index contributed by atoms with van der Waals surface area (Å²) in [6.07, 6.45) is -6.63. The summed E-state index contributed by atoms with van der Waals surface area (Å²) in [6.45, 7) is 36.2. The Morgan fingerprint density at radius 1 is 0.362 bits per heavy atom. The van der Waals surface area contributed by atoms with E-state index in [-0.39, 0.29) is 126 Å². The van der Waals surface area contributed by atoms with Gasteiger partial charge in [0.1, 0.15) is 80.0 Å². The maximum absolute atomic E-state index is 13.4. The number of hydrogen-bond donors (Lipinski definition) is 0. The molecular formula is C101H65F9N12O13S6. The molecule has 0 N–H and O–H groups in total. The summed E-state index contributed by atoms with van der Waals surface area (Å²) in [5.74, 6) is -4.27. The Balaban J connectivity index is 0.000000150. The molecule has 0 spiro atoms. The number of benzene rings is 6. The van der Waals surface area contributed by atoms with Gasteiger partial charge in [0.25, 0.3) is 11.4 Å². The number of ether oxygens (including phenoxy) is 3. The van der Waals surface area contributed by atoms with Crippen molar-refractivity contribution in [2.24, 2.45) is 9.98 Å². The zero-order valence-corrected chi connectivity index (χ0v) is 80.4. The van der Waals surface area contributed by atoms with E-state index in [0.717, 1.165) is 43.7 Å². The van der Waals surface area contributed by atoms with Gasteiger partial charge in [-0.1, -0.05) is 171 Å². The van der Waals surface area contributed by atoms with Crippen LogP contribution in [0.3, 0.4) is 0 Å². The quantitative estimate of drug-likeness (QED) is 0.0372. The molecule has 0 saturated carbocycles. The van der Waals surface area contributed by atoms with Crippen LogP contribution in [0.1, 0.15) is 236 Å². The van der Waals surface area contributed by atoms with Crippen molar-refractivity contribution in [1.29, 1.82) is 10.5 Å². The topological polar surface area (TPSA) is 357 Å². The van der Waals surface area contributed by atoms with Crippen LogP contribution in [0.15, 0.2) is 166 Å². The first-order chi connectivity index (χ1) is 66.6. The molecule has 6 aromatic carbocycles. The number of nitrogens with zero attached hydrogens (tertiary/aromatic N) is 12. The number of nitriles is 2.